The number of nitrogens with zero attached hydrogens (tertiary/aromatic N) is 3. The van der Waals surface area contributed by atoms with E-state index in [1.54, 1.807) is 0 Å². The van der Waals surface area contributed by atoms with E-state index < -0.39 is 12.4 Å². The van der Waals surface area contributed by atoms with Crippen molar-refractivity contribution in [1.82, 2.24) is 9.88 Å². The summed E-state index contributed by atoms with van der Waals surface area (Å²) in [6.07, 6.45) is 0.765. The van der Waals surface area contributed by atoms with Crippen LogP contribution in [0, 0.1) is 0 Å². The minimum absolute atomic E-state index is 0.219. The Morgan fingerprint density at radius 1 is 1.07 bits per heavy atom. The van der Waals surface area contributed by atoms with E-state index in [4.69, 9.17) is 14.2 Å². The molecule has 2 unspecified atom stereocenters. The summed E-state index contributed by atoms with van der Waals surface area (Å²) in [4.78, 5) is 8.92. The van der Waals surface area contributed by atoms with Crippen molar-refractivity contribution in [3.63, 3.8) is 0 Å². The number of aliphatic hydroxyl groups is 1. The Morgan fingerprint density at radius 2 is 1.85 bits per heavy atom. The molecule has 27 heavy (non-hydrogen) atoms. The van der Waals surface area contributed by atoms with Gasteiger partial charge in [-0.15, -0.1) is 0 Å². The molecule has 0 amide bonds. The van der Waals surface area contributed by atoms with E-state index in [0.717, 1.165) is 37.7 Å². The zero-order valence-electron chi connectivity index (χ0n) is 15.2. The smallest absolute Gasteiger partial charge is 0.234 e. The minimum atomic E-state index is -0.563. The predicted octanol–water partition coefficient (Wildman–Crippen LogP) is 1.38. The van der Waals surface area contributed by atoms with Crippen LogP contribution in [0.4, 0.5) is 5.82 Å². The molecule has 7 nitrogen and oxygen atoms in total. The molecule has 1 fully saturated rings. The number of para-hydroxylation sites is 2. The Kier molecular flexibility index (Phi) is 5.72. The third kappa shape index (κ3) is 4.68. The first kappa shape index (κ1) is 18.0. The fraction of sp³-hybridized carbons (Fsp3) is 0.450. The van der Waals surface area contributed by atoms with Gasteiger partial charge in [0, 0.05) is 38.9 Å². The van der Waals surface area contributed by atoms with Gasteiger partial charge in [-0.2, -0.15) is 0 Å². The number of piperazine rings is 1. The second-order valence-electron chi connectivity index (χ2n) is 6.77. The summed E-state index contributed by atoms with van der Waals surface area (Å²) in [5, 5.41) is 10.3. The lowest BCUT2D eigenvalue weighted by Gasteiger charge is -2.36. The van der Waals surface area contributed by atoms with Crippen LogP contribution in [0.3, 0.4) is 0 Å². The first-order valence-electron chi connectivity index (χ1n) is 9.34. The molecule has 7 heteroatoms. The highest BCUT2D eigenvalue weighted by molar-refractivity contribution is 5.40. The third-order valence-electron chi connectivity index (χ3n) is 4.77. The number of ether oxygens (including phenoxy) is 3. The van der Waals surface area contributed by atoms with Crippen LogP contribution in [0.1, 0.15) is 0 Å². The van der Waals surface area contributed by atoms with Crippen LogP contribution in [0.25, 0.3) is 0 Å². The molecule has 4 rings (SSSR count). The van der Waals surface area contributed by atoms with Gasteiger partial charge in [-0.1, -0.05) is 18.2 Å². The van der Waals surface area contributed by atoms with Gasteiger partial charge in [-0.25, -0.2) is 4.98 Å². The van der Waals surface area contributed by atoms with Crippen LogP contribution in [0.15, 0.2) is 48.7 Å². The standard InChI is InChI=1S/C20H25N3O4/c24-16(14-26-20-15-25-17-5-1-2-6-18(17)27-20)13-22-9-11-23(12-10-22)19-7-3-4-8-21-19/h1-8,16,20,24H,9-15H2. The zero-order chi connectivity index (χ0) is 18.5. The monoisotopic (exact) mass is 371 g/mol. The molecule has 1 aromatic heterocycles. The molecule has 0 spiro atoms. The van der Waals surface area contributed by atoms with E-state index in [2.05, 4.69) is 14.8 Å². The Hall–Kier alpha value is -2.35. The number of fused-ring (bicyclic) bond motifs is 1. The van der Waals surface area contributed by atoms with Crippen LogP contribution in [0.2, 0.25) is 0 Å². The van der Waals surface area contributed by atoms with Crippen molar-refractivity contribution in [3.8, 4) is 11.5 Å². The highest BCUT2D eigenvalue weighted by atomic mass is 16.7. The third-order valence-corrected chi connectivity index (χ3v) is 4.77. The Balaban J connectivity index is 1.18. The maximum absolute atomic E-state index is 10.3. The summed E-state index contributed by atoms with van der Waals surface area (Å²) in [5.74, 6) is 2.41. The summed E-state index contributed by atoms with van der Waals surface area (Å²) in [6, 6.07) is 13.5. The second-order valence-corrected chi connectivity index (χ2v) is 6.77. The number of hydrogen-bond donors (Lipinski definition) is 1. The molecule has 2 aliphatic rings. The molecule has 2 aliphatic heterocycles. The van der Waals surface area contributed by atoms with Crippen LogP contribution < -0.4 is 14.4 Å². The minimum Gasteiger partial charge on any atom is -0.483 e. The normalized spacial score (nSPS) is 21.1. The van der Waals surface area contributed by atoms with Gasteiger partial charge in [-0.3, -0.25) is 4.90 Å². The van der Waals surface area contributed by atoms with Crippen LogP contribution in [-0.4, -0.2) is 73.3 Å². The lowest BCUT2D eigenvalue weighted by molar-refractivity contribution is -0.136. The molecular weight excluding hydrogens is 346 g/mol. The maximum Gasteiger partial charge on any atom is 0.234 e. The Bertz CT molecular complexity index is 722. The SMILES string of the molecule is OC(COC1COc2ccccc2O1)CN1CCN(c2ccccn2)CC1. The Labute approximate surface area is 159 Å². The van der Waals surface area contributed by atoms with Crippen LogP contribution in [-0.2, 0) is 4.74 Å². The van der Waals surface area contributed by atoms with Crippen molar-refractivity contribution in [3.05, 3.63) is 48.7 Å². The van der Waals surface area contributed by atoms with Crippen LogP contribution >= 0.6 is 0 Å². The topological polar surface area (TPSA) is 67.3 Å². The average molecular weight is 371 g/mol. The molecule has 2 aromatic rings. The number of benzene rings is 1. The second kappa shape index (κ2) is 8.56. The summed E-state index contributed by atoms with van der Waals surface area (Å²) < 4.78 is 17.1. The highest BCUT2D eigenvalue weighted by Gasteiger charge is 2.24. The van der Waals surface area contributed by atoms with E-state index in [-0.39, 0.29) is 6.61 Å². The lowest BCUT2D eigenvalue weighted by Crippen LogP contribution is -2.49. The predicted molar refractivity (Wildman–Crippen MR) is 101 cm³/mol. The lowest BCUT2D eigenvalue weighted by atomic mass is 10.2. The van der Waals surface area contributed by atoms with Crippen molar-refractivity contribution in [2.45, 2.75) is 12.4 Å². The van der Waals surface area contributed by atoms with Crippen molar-refractivity contribution in [2.75, 3.05) is 50.8 Å². The first-order valence-corrected chi connectivity index (χ1v) is 9.34. The number of anilines is 1. The van der Waals surface area contributed by atoms with Crippen LogP contribution in [0.5, 0.6) is 11.5 Å². The van der Waals surface area contributed by atoms with Gasteiger partial charge >= 0.3 is 0 Å². The van der Waals surface area contributed by atoms with Gasteiger partial charge in [0.05, 0.1) is 12.7 Å². The zero-order valence-corrected chi connectivity index (χ0v) is 15.2. The molecule has 1 N–H and O–H groups in total. The fourth-order valence-electron chi connectivity index (χ4n) is 3.35. The average Bonchev–Trinajstić information content (AvgIpc) is 2.73. The van der Waals surface area contributed by atoms with Crippen molar-refractivity contribution >= 4 is 5.82 Å². The quantitative estimate of drug-likeness (QED) is 0.823. The number of aromatic nitrogens is 1. The molecule has 0 aliphatic carbocycles. The number of rotatable bonds is 6. The molecule has 1 aromatic carbocycles. The number of pyridine rings is 1. The van der Waals surface area contributed by atoms with Crippen molar-refractivity contribution < 1.29 is 19.3 Å². The van der Waals surface area contributed by atoms with Crippen molar-refractivity contribution in [1.29, 1.82) is 0 Å². The molecular formula is C20H25N3O4. The van der Waals surface area contributed by atoms with E-state index in [1.807, 2.05) is 48.7 Å². The van der Waals surface area contributed by atoms with E-state index in [0.29, 0.717) is 18.9 Å². The van der Waals surface area contributed by atoms with E-state index in [1.165, 1.54) is 0 Å². The summed E-state index contributed by atoms with van der Waals surface area (Å²) in [7, 11) is 0. The Morgan fingerprint density at radius 3 is 2.63 bits per heavy atom. The molecule has 0 radical (unpaired) electrons. The first-order chi connectivity index (χ1) is 13.3. The summed E-state index contributed by atoms with van der Waals surface area (Å²) in [6.45, 7) is 4.72. The molecule has 0 bridgehead atoms. The molecule has 1 saturated heterocycles. The maximum atomic E-state index is 10.3. The van der Waals surface area contributed by atoms with E-state index in [9.17, 15) is 5.11 Å². The number of aliphatic hydroxyl groups excluding tert-OH is 1. The van der Waals surface area contributed by atoms with Gasteiger partial charge in [0.15, 0.2) is 18.1 Å². The van der Waals surface area contributed by atoms with Gasteiger partial charge in [0.25, 0.3) is 0 Å². The van der Waals surface area contributed by atoms with Gasteiger partial charge < -0.3 is 24.2 Å². The molecule has 2 atom stereocenters. The molecule has 0 saturated carbocycles. The van der Waals surface area contributed by atoms with Gasteiger partial charge in [-0.05, 0) is 24.3 Å². The fourth-order valence-corrected chi connectivity index (χ4v) is 3.35. The summed E-state index contributed by atoms with van der Waals surface area (Å²) in [5.41, 5.74) is 0. The molecule has 144 valence electrons. The highest BCUT2D eigenvalue weighted by Crippen LogP contribution is 2.31. The largest absolute Gasteiger partial charge is 0.483 e. The van der Waals surface area contributed by atoms with E-state index >= 15 is 0 Å². The number of hydrogen-bond acceptors (Lipinski definition) is 7. The van der Waals surface area contributed by atoms with Gasteiger partial charge in [0.1, 0.15) is 5.82 Å². The number of β-amino-alcohol motifs (C(OH)–C–C–N with tert-alkyl or cyclic N) is 1. The molecule has 3 heterocycles. The summed E-state index contributed by atoms with van der Waals surface area (Å²) >= 11 is 0. The van der Waals surface area contributed by atoms with Crippen molar-refractivity contribution in [2.24, 2.45) is 0 Å². The van der Waals surface area contributed by atoms with Gasteiger partial charge in [0.2, 0.25) is 6.29 Å².